The lowest BCUT2D eigenvalue weighted by Crippen LogP contribution is -2.15. The lowest BCUT2D eigenvalue weighted by atomic mass is 10.1. The van der Waals surface area contributed by atoms with Crippen molar-refractivity contribution in [3.63, 3.8) is 0 Å². The zero-order chi connectivity index (χ0) is 16.7. The summed E-state index contributed by atoms with van der Waals surface area (Å²) in [7, 11) is 1.72. The fourth-order valence-corrected chi connectivity index (χ4v) is 2.55. The van der Waals surface area contributed by atoms with Crippen LogP contribution in [0.1, 0.15) is 21.7 Å². The molecule has 0 unspecified atom stereocenters. The summed E-state index contributed by atoms with van der Waals surface area (Å²) in [5.41, 5.74) is 1.58. The normalized spacial score (nSPS) is 11.0. The number of pyridine rings is 1. The number of carbonyl (C=O) groups excluding carboxylic acids is 1. The molecule has 0 spiro atoms. The van der Waals surface area contributed by atoms with Crippen LogP contribution in [-0.4, -0.2) is 20.7 Å². The van der Waals surface area contributed by atoms with E-state index in [0.717, 1.165) is 12.1 Å². The molecule has 118 valence electrons. The van der Waals surface area contributed by atoms with Crippen LogP contribution in [0.4, 0.5) is 14.5 Å². The molecule has 0 aliphatic heterocycles. The Morgan fingerprint density at radius 1 is 1.22 bits per heavy atom. The van der Waals surface area contributed by atoms with Crippen LogP contribution < -0.4 is 5.32 Å². The van der Waals surface area contributed by atoms with E-state index in [0.29, 0.717) is 22.4 Å². The minimum absolute atomic E-state index is 0.278. The second-order valence-electron chi connectivity index (χ2n) is 5.27. The maximum absolute atomic E-state index is 13.7. The number of rotatable bonds is 2. The number of nitrogens with zero attached hydrogens (tertiary/aromatic N) is 3. The molecule has 0 radical (unpaired) electrons. The van der Waals surface area contributed by atoms with Crippen molar-refractivity contribution in [2.45, 2.75) is 13.8 Å². The number of aromatic nitrogens is 3. The first-order valence-electron chi connectivity index (χ1n) is 6.95. The number of para-hydroxylation sites is 1. The Morgan fingerprint density at radius 3 is 2.52 bits per heavy atom. The van der Waals surface area contributed by atoms with Crippen molar-refractivity contribution >= 4 is 22.6 Å². The van der Waals surface area contributed by atoms with Gasteiger partial charge in [-0.05, 0) is 32.0 Å². The highest BCUT2D eigenvalue weighted by Gasteiger charge is 2.20. The number of halogens is 2. The number of amides is 1. The van der Waals surface area contributed by atoms with E-state index >= 15 is 0 Å². The average Bonchev–Trinajstić information content (AvgIpc) is 2.77. The van der Waals surface area contributed by atoms with Gasteiger partial charge in [0.1, 0.15) is 17.3 Å². The third kappa shape index (κ3) is 2.54. The summed E-state index contributed by atoms with van der Waals surface area (Å²) in [6.45, 7) is 3.49. The van der Waals surface area contributed by atoms with Crippen LogP contribution in [0.15, 0.2) is 24.3 Å². The van der Waals surface area contributed by atoms with Crippen molar-refractivity contribution in [3.8, 4) is 0 Å². The Balaban J connectivity index is 2.12. The summed E-state index contributed by atoms with van der Waals surface area (Å²) in [4.78, 5) is 16.9. The van der Waals surface area contributed by atoms with Crippen LogP contribution >= 0.6 is 0 Å². The van der Waals surface area contributed by atoms with Crippen molar-refractivity contribution in [2.75, 3.05) is 5.32 Å². The Kier molecular flexibility index (Phi) is 3.55. The largest absolute Gasteiger partial charge is 0.317 e. The number of hydrogen-bond acceptors (Lipinski definition) is 3. The minimum Gasteiger partial charge on any atom is -0.317 e. The second kappa shape index (κ2) is 5.42. The molecule has 2 heterocycles. The fourth-order valence-electron chi connectivity index (χ4n) is 2.55. The number of anilines is 1. The molecule has 23 heavy (non-hydrogen) atoms. The zero-order valence-electron chi connectivity index (χ0n) is 12.8. The number of nitrogens with one attached hydrogen (secondary N) is 1. The van der Waals surface area contributed by atoms with Gasteiger partial charge in [-0.3, -0.25) is 9.48 Å². The third-order valence-corrected chi connectivity index (χ3v) is 3.54. The summed E-state index contributed by atoms with van der Waals surface area (Å²) in [5.74, 6) is -2.27. The highest BCUT2D eigenvalue weighted by Crippen LogP contribution is 2.24. The van der Waals surface area contributed by atoms with E-state index in [2.05, 4.69) is 15.4 Å². The molecule has 0 aliphatic rings. The summed E-state index contributed by atoms with van der Waals surface area (Å²) >= 11 is 0. The van der Waals surface area contributed by atoms with Gasteiger partial charge in [-0.15, -0.1) is 0 Å². The van der Waals surface area contributed by atoms with Crippen molar-refractivity contribution in [2.24, 2.45) is 7.05 Å². The Morgan fingerprint density at radius 2 is 1.87 bits per heavy atom. The summed E-state index contributed by atoms with van der Waals surface area (Å²) < 4.78 is 29.0. The Bertz CT molecular complexity index is 913. The maximum Gasteiger partial charge on any atom is 0.256 e. The second-order valence-corrected chi connectivity index (χ2v) is 5.27. The van der Waals surface area contributed by atoms with E-state index in [-0.39, 0.29) is 5.56 Å². The topological polar surface area (TPSA) is 59.8 Å². The molecular formula is C16H14F2N4O. The molecule has 0 atom stereocenters. The van der Waals surface area contributed by atoms with E-state index in [4.69, 9.17) is 0 Å². The summed E-state index contributed by atoms with van der Waals surface area (Å²) in [6.07, 6.45) is 0. The number of aryl methyl sites for hydroxylation is 3. The number of hydrogen-bond donors (Lipinski definition) is 1. The molecule has 1 N–H and O–H groups in total. The fraction of sp³-hybridized carbons (Fsp3) is 0.188. The molecule has 0 fully saturated rings. The minimum atomic E-state index is -0.830. The molecule has 7 heteroatoms. The van der Waals surface area contributed by atoms with Crippen molar-refractivity contribution < 1.29 is 13.6 Å². The van der Waals surface area contributed by atoms with Gasteiger partial charge in [0.05, 0.1) is 16.6 Å². The van der Waals surface area contributed by atoms with Crippen molar-refractivity contribution in [1.29, 1.82) is 0 Å². The predicted octanol–water partition coefficient (Wildman–Crippen LogP) is 3.12. The van der Waals surface area contributed by atoms with Crippen LogP contribution in [0.3, 0.4) is 0 Å². The summed E-state index contributed by atoms with van der Waals surface area (Å²) in [5, 5.41) is 7.10. The molecule has 1 amide bonds. The van der Waals surface area contributed by atoms with Gasteiger partial charge in [-0.2, -0.15) is 5.10 Å². The van der Waals surface area contributed by atoms with E-state index in [1.165, 1.54) is 6.07 Å². The Labute approximate surface area is 130 Å². The quantitative estimate of drug-likeness (QED) is 0.790. The lowest BCUT2D eigenvalue weighted by molar-refractivity contribution is 0.102. The maximum atomic E-state index is 13.7. The summed E-state index contributed by atoms with van der Waals surface area (Å²) in [6, 6.07) is 4.98. The van der Waals surface area contributed by atoms with Gasteiger partial charge in [0.25, 0.3) is 5.91 Å². The van der Waals surface area contributed by atoms with Crippen LogP contribution in [0.5, 0.6) is 0 Å². The van der Waals surface area contributed by atoms with Crippen LogP contribution in [-0.2, 0) is 7.05 Å². The van der Waals surface area contributed by atoms with Gasteiger partial charge in [-0.1, -0.05) is 6.07 Å². The molecular weight excluding hydrogens is 302 g/mol. The van der Waals surface area contributed by atoms with Gasteiger partial charge in [0, 0.05) is 12.7 Å². The zero-order valence-corrected chi connectivity index (χ0v) is 12.8. The smallest absolute Gasteiger partial charge is 0.256 e. The first kappa shape index (κ1) is 15.1. The monoisotopic (exact) mass is 316 g/mol. The predicted molar refractivity (Wildman–Crippen MR) is 82.3 cm³/mol. The van der Waals surface area contributed by atoms with E-state index < -0.39 is 23.2 Å². The van der Waals surface area contributed by atoms with Crippen molar-refractivity contribution in [3.05, 3.63) is 52.9 Å². The molecule has 0 bridgehead atoms. The SMILES string of the molecule is Cc1cc(C(=O)Nc2c(F)cccc2F)c2c(C)nn(C)c2n1. The molecule has 1 aromatic carbocycles. The molecule has 0 saturated carbocycles. The highest BCUT2D eigenvalue weighted by molar-refractivity contribution is 6.12. The van der Waals surface area contributed by atoms with E-state index in [9.17, 15) is 13.6 Å². The average molecular weight is 316 g/mol. The molecule has 0 saturated heterocycles. The van der Waals surface area contributed by atoms with Crippen LogP contribution in [0, 0.1) is 25.5 Å². The van der Waals surface area contributed by atoms with Gasteiger partial charge < -0.3 is 5.32 Å². The highest BCUT2D eigenvalue weighted by atomic mass is 19.1. The van der Waals surface area contributed by atoms with Crippen LogP contribution in [0.25, 0.3) is 11.0 Å². The lowest BCUT2D eigenvalue weighted by Gasteiger charge is -2.09. The van der Waals surface area contributed by atoms with Gasteiger partial charge >= 0.3 is 0 Å². The van der Waals surface area contributed by atoms with Gasteiger partial charge in [0.2, 0.25) is 0 Å². The molecule has 3 aromatic rings. The van der Waals surface area contributed by atoms with Crippen molar-refractivity contribution in [1.82, 2.24) is 14.8 Å². The number of fused-ring (bicyclic) bond motifs is 1. The third-order valence-electron chi connectivity index (χ3n) is 3.54. The molecule has 0 aliphatic carbocycles. The number of benzene rings is 1. The van der Waals surface area contributed by atoms with Gasteiger partial charge in [0.15, 0.2) is 5.65 Å². The van der Waals surface area contributed by atoms with Crippen LogP contribution in [0.2, 0.25) is 0 Å². The first-order valence-corrected chi connectivity index (χ1v) is 6.95. The Hall–Kier alpha value is -2.83. The molecule has 3 rings (SSSR count). The molecule has 2 aromatic heterocycles. The van der Waals surface area contributed by atoms with E-state index in [1.807, 2.05) is 0 Å². The number of carbonyl (C=O) groups is 1. The standard InChI is InChI=1S/C16H14F2N4O/c1-8-7-10(13-9(2)21-22(3)15(13)19-8)16(23)20-14-11(17)5-4-6-12(14)18/h4-7H,1-3H3,(H,20,23). The van der Waals surface area contributed by atoms with E-state index in [1.54, 1.807) is 31.6 Å². The molecule has 5 nitrogen and oxygen atoms in total. The first-order chi connectivity index (χ1) is 10.9. The van der Waals surface area contributed by atoms with Gasteiger partial charge in [-0.25, -0.2) is 13.8 Å².